The molecule has 1 atom stereocenters. The van der Waals surface area contributed by atoms with Gasteiger partial charge in [0.25, 0.3) is 0 Å². The third-order valence-electron chi connectivity index (χ3n) is 3.95. The fourth-order valence-corrected chi connectivity index (χ4v) is 3.66. The molecule has 3 rings (SSSR count). The normalized spacial score (nSPS) is 17.0. The van der Waals surface area contributed by atoms with Gasteiger partial charge in [0.05, 0.1) is 0 Å². The Bertz CT molecular complexity index is 620. The zero-order chi connectivity index (χ0) is 14.5. The fraction of sp³-hybridized carbons (Fsp3) is 0.263. The van der Waals surface area contributed by atoms with Gasteiger partial charge >= 0.3 is 0 Å². The number of thioether (sulfide) groups is 1. The molecule has 0 saturated carbocycles. The molecule has 1 unspecified atom stereocenters. The Labute approximate surface area is 131 Å². The number of aryl methyl sites for hydroxylation is 1. The van der Waals surface area contributed by atoms with Gasteiger partial charge in [-0.3, -0.25) is 0 Å². The van der Waals surface area contributed by atoms with Gasteiger partial charge in [0.1, 0.15) is 0 Å². The Kier molecular flexibility index (Phi) is 4.66. The number of fused-ring (bicyclic) bond motifs is 1. The third kappa shape index (κ3) is 3.51. The van der Waals surface area contributed by atoms with Crippen LogP contribution in [0.3, 0.4) is 0 Å². The van der Waals surface area contributed by atoms with E-state index in [0.29, 0.717) is 6.04 Å². The first-order valence-electron chi connectivity index (χ1n) is 7.53. The summed E-state index contributed by atoms with van der Waals surface area (Å²) in [5.74, 6) is 0.951. The van der Waals surface area contributed by atoms with E-state index in [9.17, 15) is 0 Å². The van der Waals surface area contributed by atoms with Crippen molar-refractivity contribution in [2.24, 2.45) is 0 Å². The van der Waals surface area contributed by atoms with E-state index in [1.807, 2.05) is 17.8 Å². The van der Waals surface area contributed by atoms with Crippen LogP contribution in [0, 0.1) is 0 Å². The summed E-state index contributed by atoms with van der Waals surface area (Å²) in [5.41, 5.74) is 4.27. The van der Waals surface area contributed by atoms with Gasteiger partial charge in [0.15, 0.2) is 0 Å². The van der Waals surface area contributed by atoms with E-state index < -0.39 is 0 Å². The van der Waals surface area contributed by atoms with Crippen LogP contribution in [-0.2, 0) is 12.8 Å². The summed E-state index contributed by atoms with van der Waals surface area (Å²) < 4.78 is 0. The maximum atomic E-state index is 3.80. The van der Waals surface area contributed by atoms with E-state index in [1.54, 1.807) is 0 Å². The lowest BCUT2D eigenvalue weighted by Gasteiger charge is -2.27. The van der Waals surface area contributed by atoms with Crippen LogP contribution in [0.5, 0.6) is 0 Å². The molecule has 1 nitrogen and oxygen atoms in total. The van der Waals surface area contributed by atoms with Crippen LogP contribution in [0.2, 0.25) is 0 Å². The van der Waals surface area contributed by atoms with Gasteiger partial charge in [-0.25, -0.2) is 0 Å². The predicted octanol–water partition coefficient (Wildman–Crippen LogP) is 4.93. The van der Waals surface area contributed by atoms with E-state index in [1.165, 1.54) is 34.6 Å². The molecule has 0 aromatic heterocycles. The highest BCUT2D eigenvalue weighted by atomic mass is 32.2. The van der Waals surface area contributed by atoms with Crippen LogP contribution in [-0.4, -0.2) is 11.8 Å². The van der Waals surface area contributed by atoms with Gasteiger partial charge in [0.2, 0.25) is 0 Å². The summed E-state index contributed by atoms with van der Waals surface area (Å²) >= 11 is 1.84. The topological polar surface area (TPSA) is 12.0 Å². The number of hydrogen-bond donors (Lipinski definition) is 1. The van der Waals surface area contributed by atoms with Crippen molar-refractivity contribution in [1.82, 2.24) is 0 Å². The van der Waals surface area contributed by atoms with Crippen LogP contribution in [0.15, 0.2) is 66.1 Å². The number of para-hydroxylation sites is 1. The van der Waals surface area contributed by atoms with Crippen LogP contribution in [0.1, 0.15) is 17.5 Å². The first-order chi connectivity index (χ1) is 10.4. The molecule has 0 aliphatic heterocycles. The van der Waals surface area contributed by atoms with Crippen molar-refractivity contribution in [3.05, 3.63) is 72.3 Å². The van der Waals surface area contributed by atoms with E-state index in [2.05, 4.69) is 60.4 Å². The van der Waals surface area contributed by atoms with Crippen molar-refractivity contribution in [3.63, 3.8) is 0 Å². The summed E-state index contributed by atoms with van der Waals surface area (Å²) in [6.07, 6.45) is 5.46. The summed E-state index contributed by atoms with van der Waals surface area (Å²) in [4.78, 5) is 1.32. The Morgan fingerprint density at radius 1 is 1.10 bits per heavy atom. The highest BCUT2D eigenvalue weighted by molar-refractivity contribution is 7.99. The van der Waals surface area contributed by atoms with Crippen molar-refractivity contribution in [2.75, 3.05) is 11.1 Å². The molecule has 1 N–H and O–H groups in total. The Hall–Kier alpha value is -1.67. The number of hydrogen-bond acceptors (Lipinski definition) is 2. The quantitative estimate of drug-likeness (QED) is 0.620. The molecule has 2 heteroatoms. The number of anilines is 1. The lowest BCUT2D eigenvalue weighted by atomic mass is 9.88. The first-order valence-corrected chi connectivity index (χ1v) is 8.51. The minimum atomic E-state index is 0.533. The molecule has 0 heterocycles. The molecule has 2 aromatic rings. The van der Waals surface area contributed by atoms with Gasteiger partial charge in [-0.05, 0) is 42.5 Å². The van der Waals surface area contributed by atoms with E-state index >= 15 is 0 Å². The molecule has 0 fully saturated rings. The second-order valence-electron chi connectivity index (χ2n) is 5.45. The van der Waals surface area contributed by atoms with Gasteiger partial charge < -0.3 is 5.32 Å². The molecule has 2 aromatic carbocycles. The van der Waals surface area contributed by atoms with Crippen molar-refractivity contribution in [3.8, 4) is 0 Å². The Morgan fingerprint density at radius 2 is 1.86 bits per heavy atom. The van der Waals surface area contributed by atoms with E-state index in [4.69, 9.17) is 0 Å². The molecular weight excluding hydrogens is 274 g/mol. The second kappa shape index (κ2) is 6.86. The van der Waals surface area contributed by atoms with E-state index in [0.717, 1.165) is 12.2 Å². The number of nitrogens with one attached hydrogen (secondary N) is 1. The molecule has 0 spiro atoms. The maximum absolute atomic E-state index is 3.80. The standard InChI is InChI=1S/C19H21NS/c1-2-13-21-19-10-6-5-9-18(19)20-17-12-11-15-7-3-4-8-16(15)14-17/h2-10,17,20H,1,11-14H2. The summed E-state index contributed by atoms with van der Waals surface area (Å²) in [7, 11) is 0. The van der Waals surface area contributed by atoms with Crippen molar-refractivity contribution < 1.29 is 0 Å². The van der Waals surface area contributed by atoms with Crippen LogP contribution >= 0.6 is 11.8 Å². The second-order valence-corrected chi connectivity index (χ2v) is 6.51. The van der Waals surface area contributed by atoms with Crippen molar-refractivity contribution in [2.45, 2.75) is 30.2 Å². The Morgan fingerprint density at radius 3 is 2.71 bits per heavy atom. The molecule has 0 bridgehead atoms. The minimum absolute atomic E-state index is 0.533. The molecule has 21 heavy (non-hydrogen) atoms. The average Bonchev–Trinajstić information content (AvgIpc) is 2.54. The maximum Gasteiger partial charge on any atom is 0.0480 e. The molecule has 0 amide bonds. The van der Waals surface area contributed by atoms with Crippen molar-refractivity contribution in [1.29, 1.82) is 0 Å². The smallest absolute Gasteiger partial charge is 0.0480 e. The predicted molar refractivity (Wildman–Crippen MR) is 93.2 cm³/mol. The third-order valence-corrected chi connectivity index (χ3v) is 5.02. The molecular formula is C19H21NS. The van der Waals surface area contributed by atoms with Crippen LogP contribution in [0.25, 0.3) is 0 Å². The molecule has 0 saturated heterocycles. The van der Waals surface area contributed by atoms with Crippen molar-refractivity contribution >= 4 is 17.4 Å². The summed E-state index contributed by atoms with van der Waals surface area (Å²) in [6.45, 7) is 3.80. The lowest BCUT2D eigenvalue weighted by Crippen LogP contribution is -2.27. The van der Waals surface area contributed by atoms with Crippen LogP contribution < -0.4 is 5.32 Å². The summed E-state index contributed by atoms with van der Waals surface area (Å²) in [5, 5.41) is 3.74. The molecule has 108 valence electrons. The molecule has 1 aliphatic rings. The molecule has 0 radical (unpaired) electrons. The number of rotatable bonds is 5. The van der Waals surface area contributed by atoms with E-state index in [-0.39, 0.29) is 0 Å². The summed E-state index contributed by atoms with van der Waals surface area (Å²) in [6, 6.07) is 17.9. The zero-order valence-electron chi connectivity index (χ0n) is 12.2. The monoisotopic (exact) mass is 295 g/mol. The first kappa shape index (κ1) is 14.3. The largest absolute Gasteiger partial charge is 0.381 e. The van der Waals surface area contributed by atoms with Crippen LogP contribution in [0.4, 0.5) is 5.69 Å². The number of benzene rings is 2. The minimum Gasteiger partial charge on any atom is -0.381 e. The fourth-order valence-electron chi connectivity index (χ4n) is 2.90. The highest BCUT2D eigenvalue weighted by Crippen LogP contribution is 2.30. The van der Waals surface area contributed by atoms with Gasteiger partial charge in [-0.15, -0.1) is 18.3 Å². The molecule has 1 aliphatic carbocycles. The average molecular weight is 295 g/mol. The zero-order valence-corrected chi connectivity index (χ0v) is 13.0. The Balaban J connectivity index is 1.72. The van der Waals surface area contributed by atoms with Gasteiger partial charge in [0, 0.05) is 22.4 Å². The highest BCUT2D eigenvalue weighted by Gasteiger charge is 2.18. The SMILES string of the molecule is C=CCSc1ccccc1NC1CCc2ccccc2C1. The lowest BCUT2D eigenvalue weighted by molar-refractivity contribution is 0.610. The van der Waals surface area contributed by atoms with Gasteiger partial charge in [-0.2, -0.15) is 0 Å². The van der Waals surface area contributed by atoms with Gasteiger partial charge in [-0.1, -0.05) is 42.5 Å².